The van der Waals surface area contributed by atoms with Crippen LogP contribution in [-0.4, -0.2) is 97.6 Å². The summed E-state index contributed by atoms with van der Waals surface area (Å²) in [7, 11) is 1.44. The van der Waals surface area contributed by atoms with Crippen molar-refractivity contribution in [3.05, 3.63) is 47.7 Å². The molecule has 1 aromatic heterocycles. The number of amides is 4. The lowest BCUT2D eigenvalue weighted by Gasteiger charge is -2.38. The number of likely N-dealkylation sites (tertiary alicyclic amines) is 1. The number of fused-ring (bicyclic) bond motifs is 1. The van der Waals surface area contributed by atoms with Crippen molar-refractivity contribution >= 4 is 41.9 Å². The molecule has 2 saturated heterocycles. The minimum atomic E-state index is -1.04. The number of pyridine rings is 1. The third kappa shape index (κ3) is 7.07. The molecule has 12 heteroatoms. The van der Waals surface area contributed by atoms with Gasteiger partial charge in [-0.2, -0.15) is 0 Å². The average Bonchev–Trinajstić information content (AvgIpc) is 3.30. The van der Waals surface area contributed by atoms with Crippen molar-refractivity contribution in [1.82, 2.24) is 20.1 Å². The standard InChI is InChI=1S/C32H40N6O6/c1-33-30(41)28(3-2-16-39)38-31(42)26-6-5-25(17-27(26)32(38)43)44-20-23-8-12-36(13-9-23)19-22-10-14-37(15-11-22)24-4-7-29(34-18-24)35-21-40/h4-7,16-18,21-23,28H,2-3,8-15,19-20H2,1H3,(H,33,41)(H,34,35,40). The monoisotopic (exact) mass is 604 g/mol. The van der Waals surface area contributed by atoms with E-state index >= 15 is 0 Å². The normalized spacial score (nSPS) is 18.6. The first-order valence-electron chi connectivity index (χ1n) is 15.3. The Morgan fingerprint density at radius 1 is 1.00 bits per heavy atom. The van der Waals surface area contributed by atoms with Gasteiger partial charge in [0.2, 0.25) is 12.3 Å². The number of ether oxygens (including phenoxy) is 1. The molecule has 2 fully saturated rings. The molecule has 1 unspecified atom stereocenters. The van der Waals surface area contributed by atoms with E-state index in [9.17, 15) is 24.0 Å². The van der Waals surface area contributed by atoms with Gasteiger partial charge >= 0.3 is 0 Å². The number of benzene rings is 1. The highest BCUT2D eigenvalue weighted by Crippen LogP contribution is 2.31. The number of aromatic nitrogens is 1. The molecule has 44 heavy (non-hydrogen) atoms. The van der Waals surface area contributed by atoms with Gasteiger partial charge in [0.05, 0.1) is 29.6 Å². The molecule has 2 aromatic rings. The van der Waals surface area contributed by atoms with Crippen LogP contribution < -0.4 is 20.3 Å². The molecule has 0 bridgehead atoms. The van der Waals surface area contributed by atoms with Crippen molar-refractivity contribution in [2.75, 3.05) is 56.6 Å². The molecule has 3 aliphatic rings. The molecule has 3 aliphatic heterocycles. The molecule has 0 spiro atoms. The van der Waals surface area contributed by atoms with E-state index in [1.54, 1.807) is 18.2 Å². The van der Waals surface area contributed by atoms with Crippen LogP contribution in [0.25, 0.3) is 0 Å². The zero-order valence-electron chi connectivity index (χ0n) is 25.1. The number of likely N-dealkylation sites (N-methyl/N-ethyl adjacent to an activating group) is 1. The van der Waals surface area contributed by atoms with Crippen LogP contribution in [0.4, 0.5) is 11.5 Å². The minimum Gasteiger partial charge on any atom is -0.493 e. The Labute approximate surface area is 257 Å². The number of imide groups is 1. The van der Waals surface area contributed by atoms with Crippen molar-refractivity contribution in [3.8, 4) is 5.75 Å². The fourth-order valence-corrected chi connectivity index (χ4v) is 6.39. The molecule has 234 valence electrons. The SMILES string of the molecule is CNC(=O)C(CCC=O)N1C(=O)c2ccc(OCC3CCN(CC4CCN(c5ccc(NC=O)nc5)CC4)CC3)cc2C1=O. The number of carbonyl (C=O) groups is 5. The van der Waals surface area contributed by atoms with Crippen LogP contribution in [-0.2, 0) is 14.4 Å². The largest absolute Gasteiger partial charge is 0.493 e. The Bertz CT molecular complexity index is 1350. The maximum absolute atomic E-state index is 13.2. The van der Waals surface area contributed by atoms with E-state index in [1.807, 2.05) is 18.3 Å². The first kappa shape index (κ1) is 31.1. The van der Waals surface area contributed by atoms with Crippen molar-refractivity contribution in [1.29, 1.82) is 0 Å². The summed E-state index contributed by atoms with van der Waals surface area (Å²) in [5.74, 6) is 0.581. The molecule has 5 rings (SSSR count). The van der Waals surface area contributed by atoms with E-state index < -0.39 is 23.8 Å². The molecule has 0 aliphatic carbocycles. The summed E-state index contributed by atoms with van der Waals surface area (Å²) < 4.78 is 6.09. The Kier molecular flexibility index (Phi) is 10.2. The van der Waals surface area contributed by atoms with Crippen LogP contribution in [0.5, 0.6) is 5.75 Å². The van der Waals surface area contributed by atoms with Crippen molar-refractivity contribution < 1.29 is 28.7 Å². The van der Waals surface area contributed by atoms with E-state index in [-0.39, 0.29) is 24.0 Å². The smallest absolute Gasteiger partial charge is 0.262 e. The van der Waals surface area contributed by atoms with Crippen LogP contribution >= 0.6 is 0 Å². The van der Waals surface area contributed by atoms with Gasteiger partial charge in [-0.3, -0.25) is 24.1 Å². The lowest BCUT2D eigenvalue weighted by Crippen LogP contribution is -2.48. The first-order valence-corrected chi connectivity index (χ1v) is 15.3. The summed E-state index contributed by atoms with van der Waals surface area (Å²) in [6, 6.07) is 7.65. The predicted molar refractivity (Wildman–Crippen MR) is 164 cm³/mol. The molecule has 1 atom stereocenters. The number of carbonyl (C=O) groups excluding carboxylic acids is 5. The number of rotatable bonds is 13. The number of piperidine rings is 2. The van der Waals surface area contributed by atoms with Crippen LogP contribution in [0.15, 0.2) is 36.5 Å². The number of nitrogens with one attached hydrogen (secondary N) is 2. The third-order valence-corrected chi connectivity index (χ3v) is 8.95. The Morgan fingerprint density at radius 2 is 1.73 bits per heavy atom. The highest BCUT2D eigenvalue weighted by molar-refractivity contribution is 6.23. The van der Waals surface area contributed by atoms with Crippen LogP contribution in [0.2, 0.25) is 0 Å². The summed E-state index contributed by atoms with van der Waals surface area (Å²) in [4.78, 5) is 70.2. The zero-order valence-corrected chi connectivity index (χ0v) is 25.1. The summed E-state index contributed by atoms with van der Waals surface area (Å²) in [6.07, 6.45) is 7.59. The fraction of sp³-hybridized carbons (Fsp3) is 0.500. The summed E-state index contributed by atoms with van der Waals surface area (Å²) in [5.41, 5.74) is 1.54. The molecule has 4 amide bonds. The van der Waals surface area contributed by atoms with Crippen molar-refractivity contribution in [2.24, 2.45) is 11.8 Å². The van der Waals surface area contributed by atoms with Crippen LogP contribution in [0.1, 0.15) is 59.2 Å². The Hall–Kier alpha value is -4.32. The zero-order chi connectivity index (χ0) is 31.1. The van der Waals surface area contributed by atoms with Gasteiger partial charge in [-0.25, -0.2) is 4.98 Å². The molecule has 0 saturated carbocycles. The molecule has 2 N–H and O–H groups in total. The second-order valence-electron chi connectivity index (χ2n) is 11.7. The summed E-state index contributed by atoms with van der Waals surface area (Å²) in [5, 5.41) is 5.05. The number of hydrogen-bond donors (Lipinski definition) is 2. The van der Waals surface area contributed by atoms with Crippen molar-refractivity contribution in [3.63, 3.8) is 0 Å². The van der Waals surface area contributed by atoms with Gasteiger partial charge in [0, 0.05) is 33.1 Å². The number of aldehydes is 1. The van der Waals surface area contributed by atoms with Crippen molar-refractivity contribution in [2.45, 2.75) is 44.6 Å². The molecule has 0 radical (unpaired) electrons. The fourth-order valence-electron chi connectivity index (χ4n) is 6.39. The van der Waals surface area contributed by atoms with Gasteiger partial charge in [-0.1, -0.05) is 0 Å². The second-order valence-corrected chi connectivity index (χ2v) is 11.7. The second kappa shape index (κ2) is 14.4. The minimum absolute atomic E-state index is 0.0635. The summed E-state index contributed by atoms with van der Waals surface area (Å²) >= 11 is 0. The Morgan fingerprint density at radius 3 is 2.39 bits per heavy atom. The Balaban J connectivity index is 1.06. The highest BCUT2D eigenvalue weighted by Gasteiger charge is 2.42. The first-order chi connectivity index (χ1) is 21.4. The van der Waals surface area contributed by atoms with Gasteiger partial charge in [-0.05, 0) is 87.4 Å². The summed E-state index contributed by atoms with van der Waals surface area (Å²) in [6.45, 7) is 5.67. The molecular formula is C32H40N6O6. The van der Waals surface area contributed by atoms with E-state index in [0.29, 0.717) is 42.7 Å². The van der Waals surface area contributed by atoms with Crippen LogP contribution in [0, 0.1) is 11.8 Å². The number of anilines is 2. The molecule has 4 heterocycles. The van der Waals surface area contributed by atoms with Gasteiger partial charge in [0.15, 0.2) is 0 Å². The van der Waals surface area contributed by atoms with E-state index in [4.69, 9.17) is 4.74 Å². The van der Waals surface area contributed by atoms with E-state index in [1.165, 1.54) is 7.05 Å². The predicted octanol–water partition coefficient (Wildman–Crippen LogP) is 2.35. The number of nitrogens with zero attached hydrogens (tertiary/aromatic N) is 4. The van der Waals surface area contributed by atoms with E-state index in [2.05, 4.69) is 25.4 Å². The molecule has 12 nitrogen and oxygen atoms in total. The topological polar surface area (TPSA) is 141 Å². The maximum atomic E-state index is 13.2. The number of hydrogen-bond acceptors (Lipinski definition) is 9. The average molecular weight is 605 g/mol. The van der Waals surface area contributed by atoms with Gasteiger partial charge in [0.1, 0.15) is 23.9 Å². The van der Waals surface area contributed by atoms with Gasteiger partial charge < -0.3 is 30.0 Å². The maximum Gasteiger partial charge on any atom is 0.262 e. The van der Waals surface area contributed by atoms with Gasteiger partial charge in [0.25, 0.3) is 11.8 Å². The highest BCUT2D eigenvalue weighted by atomic mass is 16.5. The molecular weight excluding hydrogens is 564 g/mol. The van der Waals surface area contributed by atoms with Gasteiger partial charge in [-0.15, -0.1) is 0 Å². The van der Waals surface area contributed by atoms with E-state index in [0.717, 1.165) is 69.0 Å². The third-order valence-electron chi connectivity index (χ3n) is 8.95. The lowest BCUT2D eigenvalue weighted by molar-refractivity contribution is -0.124. The lowest BCUT2D eigenvalue weighted by atomic mass is 9.93. The molecule has 1 aromatic carbocycles. The quantitative estimate of drug-likeness (QED) is 0.260. The van der Waals surface area contributed by atoms with Crippen LogP contribution in [0.3, 0.4) is 0 Å².